The van der Waals surface area contributed by atoms with Gasteiger partial charge in [0.2, 0.25) is 5.91 Å². The van der Waals surface area contributed by atoms with Crippen LogP contribution in [0.4, 0.5) is 0 Å². The Morgan fingerprint density at radius 3 is 2.63 bits per heavy atom. The van der Waals surface area contributed by atoms with E-state index in [2.05, 4.69) is 46.5 Å². The van der Waals surface area contributed by atoms with Gasteiger partial charge in [-0.1, -0.05) is 32.0 Å². The average Bonchev–Trinajstić information content (AvgIpc) is 2.69. The molecule has 6 heteroatoms. The van der Waals surface area contributed by atoms with E-state index < -0.39 is 0 Å². The first-order valence-corrected chi connectivity index (χ1v) is 9.93. The molecule has 1 aliphatic heterocycles. The molecule has 0 aliphatic carbocycles. The number of benzene rings is 1. The Kier molecular flexibility index (Phi) is 8.43. The lowest BCUT2D eigenvalue weighted by Gasteiger charge is -2.34. The fraction of sp³-hybridized carbons (Fsp3) is 0.619. The van der Waals surface area contributed by atoms with Crippen molar-refractivity contribution in [3.05, 3.63) is 29.8 Å². The number of nitrogens with one attached hydrogen (secondary N) is 2. The number of rotatable bonds is 7. The molecule has 1 fully saturated rings. The summed E-state index contributed by atoms with van der Waals surface area (Å²) in [4.78, 5) is 18.2. The van der Waals surface area contributed by atoms with Crippen LogP contribution in [0, 0.1) is 5.92 Å². The molecule has 0 spiro atoms. The number of hydrogen-bond donors (Lipinski definition) is 2. The average molecular weight is 375 g/mol. The highest BCUT2D eigenvalue weighted by molar-refractivity contribution is 5.80. The minimum atomic E-state index is 0.134. The molecule has 0 atom stereocenters. The Labute approximate surface area is 163 Å². The van der Waals surface area contributed by atoms with Gasteiger partial charge in [0.15, 0.2) is 5.96 Å². The Hall–Kier alpha value is -2.24. The maximum Gasteiger partial charge on any atom is 0.220 e. The van der Waals surface area contributed by atoms with E-state index in [1.807, 2.05) is 19.2 Å². The maximum atomic E-state index is 11.5. The third-order valence-corrected chi connectivity index (χ3v) is 5.06. The summed E-state index contributed by atoms with van der Waals surface area (Å²) in [6.07, 6.45) is 2.66. The molecule has 1 amide bonds. The Morgan fingerprint density at radius 1 is 1.30 bits per heavy atom. The van der Waals surface area contributed by atoms with Crippen molar-refractivity contribution in [1.82, 2.24) is 15.5 Å². The summed E-state index contributed by atoms with van der Waals surface area (Å²) in [5.74, 6) is 2.91. The normalized spacial score (nSPS) is 15.7. The molecular weight excluding hydrogens is 340 g/mol. The largest absolute Gasteiger partial charge is 0.491 e. The second kappa shape index (κ2) is 10.8. The van der Waals surface area contributed by atoms with Gasteiger partial charge < -0.3 is 20.3 Å². The van der Waals surface area contributed by atoms with Crippen LogP contribution < -0.4 is 15.4 Å². The molecule has 27 heavy (non-hydrogen) atoms. The van der Waals surface area contributed by atoms with Gasteiger partial charge >= 0.3 is 0 Å². The van der Waals surface area contributed by atoms with Crippen molar-refractivity contribution >= 4 is 11.9 Å². The predicted octanol–water partition coefficient (Wildman–Crippen LogP) is 2.61. The number of likely N-dealkylation sites (tertiary alicyclic amines) is 1. The monoisotopic (exact) mass is 374 g/mol. The fourth-order valence-corrected chi connectivity index (χ4v) is 3.46. The first-order chi connectivity index (χ1) is 13.0. The number of carbonyl (C=O) groups excluding carboxylic acids is 1. The van der Waals surface area contributed by atoms with E-state index in [4.69, 9.17) is 4.74 Å². The van der Waals surface area contributed by atoms with E-state index in [1.165, 1.54) is 5.56 Å². The first kappa shape index (κ1) is 21.1. The SMILES string of the molecule is CN=C(NCCOc1ccccc1C(C)C)N1CCC(CC(=O)NC)CC1. The third-order valence-electron chi connectivity index (χ3n) is 5.06. The summed E-state index contributed by atoms with van der Waals surface area (Å²) in [6, 6.07) is 8.21. The lowest BCUT2D eigenvalue weighted by Crippen LogP contribution is -2.46. The quantitative estimate of drug-likeness (QED) is 0.437. The number of hydrogen-bond acceptors (Lipinski definition) is 3. The number of nitrogens with zero attached hydrogens (tertiary/aromatic N) is 2. The molecule has 1 aromatic rings. The van der Waals surface area contributed by atoms with Crippen LogP contribution in [0.1, 0.15) is 44.6 Å². The highest BCUT2D eigenvalue weighted by atomic mass is 16.5. The van der Waals surface area contributed by atoms with E-state index >= 15 is 0 Å². The molecule has 2 N–H and O–H groups in total. The Morgan fingerprint density at radius 2 is 2.00 bits per heavy atom. The molecule has 150 valence electrons. The number of para-hydroxylation sites is 1. The third kappa shape index (κ3) is 6.45. The summed E-state index contributed by atoms with van der Waals surface area (Å²) in [7, 11) is 3.51. The second-order valence-corrected chi connectivity index (χ2v) is 7.32. The standard InChI is InChI=1S/C21H34N4O2/c1-16(2)18-7-5-6-8-19(18)27-14-11-24-21(23-4)25-12-9-17(10-13-25)15-20(26)22-3/h5-8,16-17H,9-15H2,1-4H3,(H,22,26)(H,23,24). The molecule has 0 bridgehead atoms. The van der Waals surface area contributed by atoms with Crippen molar-refractivity contribution in [2.45, 2.75) is 39.0 Å². The van der Waals surface area contributed by atoms with Crippen LogP contribution >= 0.6 is 0 Å². The van der Waals surface area contributed by atoms with Gasteiger partial charge in [-0.15, -0.1) is 0 Å². The minimum Gasteiger partial charge on any atom is -0.491 e. The van der Waals surface area contributed by atoms with Crippen LogP contribution in [0.2, 0.25) is 0 Å². The van der Waals surface area contributed by atoms with Crippen molar-refractivity contribution in [1.29, 1.82) is 0 Å². The van der Waals surface area contributed by atoms with Crippen LogP contribution in [-0.4, -0.2) is 57.1 Å². The lowest BCUT2D eigenvalue weighted by molar-refractivity contribution is -0.121. The number of amides is 1. The van der Waals surface area contributed by atoms with Gasteiger partial charge in [-0.25, -0.2) is 0 Å². The number of ether oxygens (including phenoxy) is 1. The Balaban J connectivity index is 1.75. The van der Waals surface area contributed by atoms with Gasteiger partial charge in [-0.05, 0) is 36.3 Å². The molecule has 0 radical (unpaired) electrons. The van der Waals surface area contributed by atoms with Gasteiger partial charge in [-0.3, -0.25) is 9.79 Å². The van der Waals surface area contributed by atoms with Crippen LogP contribution in [-0.2, 0) is 4.79 Å². The van der Waals surface area contributed by atoms with Crippen LogP contribution in [0.25, 0.3) is 0 Å². The molecule has 1 heterocycles. The van der Waals surface area contributed by atoms with Gasteiger partial charge in [0.05, 0.1) is 6.54 Å². The predicted molar refractivity (Wildman–Crippen MR) is 110 cm³/mol. The summed E-state index contributed by atoms with van der Waals surface area (Å²) in [5, 5.41) is 6.11. The van der Waals surface area contributed by atoms with E-state index in [0.717, 1.165) is 37.6 Å². The zero-order valence-corrected chi connectivity index (χ0v) is 17.1. The van der Waals surface area contributed by atoms with Gasteiger partial charge in [0, 0.05) is 33.6 Å². The summed E-state index contributed by atoms with van der Waals surface area (Å²) in [6.45, 7) is 7.51. The molecule has 1 aliphatic rings. The summed E-state index contributed by atoms with van der Waals surface area (Å²) < 4.78 is 5.97. The number of aliphatic imine (C=N–C) groups is 1. The molecular formula is C21H34N4O2. The molecule has 1 saturated heterocycles. The zero-order chi connectivity index (χ0) is 19.6. The van der Waals surface area contributed by atoms with Crippen molar-refractivity contribution in [3.63, 3.8) is 0 Å². The fourth-order valence-electron chi connectivity index (χ4n) is 3.46. The van der Waals surface area contributed by atoms with Crippen LogP contribution in [0.5, 0.6) is 5.75 Å². The van der Waals surface area contributed by atoms with Gasteiger partial charge in [-0.2, -0.15) is 0 Å². The summed E-state index contributed by atoms with van der Waals surface area (Å²) >= 11 is 0. The van der Waals surface area contributed by atoms with Crippen molar-refractivity contribution in [2.75, 3.05) is 40.3 Å². The number of guanidine groups is 1. The molecule has 1 aromatic carbocycles. The van der Waals surface area contributed by atoms with Gasteiger partial charge in [0.1, 0.15) is 12.4 Å². The maximum absolute atomic E-state index is 11.5. The highest BCUT2D eigenvalue weighted by Crippen LogP contribution is 2.25. The summed E-state index contributed by atoms with van der Waals surface area (Å²) in [5.41, 5.74) is 1.24. The van der Waals surface area contributed by atoms with E-state index in [-0.39, 0.29) is 5.91 Å². The van der Waals surface area contributed by atoms with Crippen LogP contribution in [0.3, 0.4) is 0 Å². The van der Waals surface area contributed by atoms with Crippen molar-refractivity contribution < 1.29 is 9.53 Å². The van der Waals surface area contributed by atoms with Gasteiger partial charge in [0.25, 0.3) is 0 Å². The smallest absolute Gasteiger partial charge is 0.220 e. The van der Waals surface area contributed by atoms with Crippen molar-refractivity contribution in [2.24, 2.45) is 10.9 Å². The van der Waals surface area contributed by atoms with E-state index in [9.17, 15) is 4.79 Å². The topological polar surface area (TPSA) is 66.0 Å². The number of piperidine rings is 1. The lowest BCUT2D eigenvalue weighted by atomic mass is 9.93. The Bertz CT molecular complexity index is 622. The molecule has 0 aromatic heterocycles. The molecule has 2 rings (SSSR count). The van der Waals surface area contributed by atoms with Crippen LogP contribution in [0.15, 0.2) is 29.3 Å². The number of carbonyl (C=O) groups is 1. The van der Waals surface area contributed by atoms with E-state index in [0.29, 0.717) is 31.4 Å². The molecule has 0 saturated carbocycles. The minimum absolute atomic E-state index is 0.134. The first-order valence-electron chi connectivity index (χ1n) is 9.93. The molecule has 6 nitrogen and oxygen atoms in total. The van der Waals surface area contributed by atoms with E-state index in [1.54, 1.807) is 7.05 Å². The highest BCUT2D eigenvalue weighted by Gasteiger charge is 2.22. The van der Waals surface area contributed by atoms with Crippen molar-refractivity contribution in [3.8, 4) is 5.75 Å². The zero-order valence-electron chi connectivity index (χ0n) is 17.1. The second-order valence-electron chi connectivity index (χ2n) is 7.32. The molecule has 0 unspecified atom stereocenters.